The molecule has 16 heavy (non-hydrogen) atoms. The van der Waals surface area contributed by atoms with E-state index in [0.29, 0.717) is 12.1 Å². The summed E-state index contributed by atoms with van der Waals surface area (Å²) in [6.45, 7) is 3.19. The second kappa shape index (κ2) is 5.17. The summed E-state index contributed by atoms with van der Waals surface area (Å²) >= 11 is 0. The summed E-state index contributed by atoms with van der Waals surface area (Å²) < 4.78 is 5.08. The monoisotopic (exact) mass is 225 g/mol. The number of hydrogen-bond acceptors (Lipinski definition) is 3. The number of carbonyl (C=O) groups excluding carboxylic acids is 1. The lowest BCUT2D eigenvalue weighted by Gasteiger charge is -2.43. The van der Waals surface area contributed by atoms with E-state index in [-0.39, 0.29) is 11.9 Å². The normalized spacial score (nSPS) is 28.9. The van der Waals surface area contributed by atoms with Crippen LogP contribution in [0.2, 0.25) is 0 Å². The second-order valence-electron chi connectivity index (χ2n) is 5.21. The molecule has 2 rings (SSSR count). The zero-order valence-electron chi connectivity index (χ0n) is 10.3. The molecule has 1 aliphatic carbocycles. The zero-order valence-corrected chi connectivity index (χ0v) is 10.3. The van der Waals surface area contributed by atoms with E-state index in [1.807, 2.05) is 6.92 Å². The summed E-state index contributed by atoms with van der Waals surface area (Å²) in [5.41, 5.74) is 0.362. The SMILES string of the molecule is CCOC(=O)C1CCC2(CCCCC2)NC1. The van der Waals surface area contributed by atoms with Crippen LogP contribution in [-0.2, 0) is 9.53 Å². The molecule has 92 valence electrons. The minimum absolute atomic E-state index is 0.0133. The molecular weight excluding hydrogens is 202 g/mol. The molecule has 0 aromatic rings. The maximum Gasteiger partial charge on any atom is 0.310 e. The van der Waals surface area contributed by atoms with Crippen LogP contribution in [0.1, 0.15) is 51.9 Å². The van der Waals surface area contributed by atoms with Gasteiger partial charge in [-0.2, -0.15) is 0 Å². The van der Waals surface area contributed by atoms with Gasteiger partial charge in [0.25, 0.3) is 0 Å². The van der Waals surface area contributed by atoms with Crippen LogP contribution in [0.25, 0.3) is 0 Å². The van der Waals surface area contributed by atoms with Crippen molar-refractivity contribution in [1.82, 2.24) is 5.32 Å². The lowest BCUT2D eigenvalue weighted by Crippen LogP contribution is -2.53. The van der Waals surface area contributed by atoms with Gasteiger partial charge in [-0.05, 0) is 32.6 Å². The third-order valence-electron chi connectivity index (χ3n) is 4.13. The first kappa shape index (κ1) is 11.9. The Morgan fingerprint density at radius 3 is 2.62 bits per heavy atom. The van der Waals surface area contributed by atoms with Gasteiger partial charge in [0.15, 0.2) is 0 Å². The molecule has 1 heterocycles. The Hall–Kier alpha value is -0.570. The quantitative estimate of drug-likeness (QED) is 0.733. The molecule has 1 saturated heterocycles. The highest BCUT2D eigenvalue weighted by Gasteiger charge is 2.37. The number of piperidine rings is 1. The fourth-order valence-corrected chi connectivity index (χ4v) is 3.10. The van der Waals surface area contributed by atoms with E-state index in [1.54, 1.807) is 0 Å². The third kappa shape index (κ3) is 2.57. The lowest BCUT2D eigenvalue weighted by atomic mass is 9.74. The van der Waals surface area contributed by atoms with E-state index in [0.717, 1.165) is 19.4 Å². The van der Waals surface area contributed by atoms with Crippen molar-refractivity contribution >= 4 is 5.97 Å². The van der Waals surface area contributed by atoms with Gasteiger partial charge in [0.05, 0.1) is 12.5 Å². The van der Waals surface area contributed by atoms with E-state index in [9.17, 15) is 4.79 Å². The summed E-state index contributed by atoms with van der Waals surface area (Å²) in [5, 5.41) is 3.62. The van der Waals surface area contributed by atoms with Crippen molar-refractivity contribution in [3.05, 3.63) is 0 Å². The molecule has 0 amide bonds. The van der Waals surface area contributed by atoms with Crippen molar-refractivity contribution in [2.24, 2.45) is 5.92 Å². The number of nitrogens with one attached hydrogen (secondary N) is 1. The van der Waals surface area contributed by atoms with Crippen LogP contribution in [0.5, 0.6) is 0 Å². The van der Waals surface area contributed by atoms with Crippen molar-refractivity contribution in [2.75, 3.05) is 13.2 Å². The average Bonchev–Trinajstić information content (AvgIpc) is 2.31. The molecule has 1 unspecified atom stereocenters. The average molecular weight is 225 g/mol. The fourth-order valence-electron chi connectivity index (χ4n) is 3.10. The first-order valence-corrected chi connectivity index (χ1v) is 6.67. The van der Waals surface area contributed by atoms with Crippen molar-refractivity contribution < 1.29 is 9.53 Å². The van der Waals surface area contributed by atoms with Crippen LogP contribution in [0, 0.1) is 5.92 Å². The fraction of sp³-hybridized carbons (Fsp3) is 0.923. The van der Waals surface area contributed by atoms with E-state index in [2.05, 4.69) is 5.32 Å². The zero-order chi connectivity index (χ0) is 11.4. The highest BCUT2D eigenvalue weighted by Crippen LogP contribution is 2.36. The Balaban J connectivity index is 1.83. The van der Waals surface area contributed by atoms with Gasteiger partial charge in [-0.1, -0.05) is 19.3 Å². The van der Waals surface area contributed by atoms with Gasteiger partial charge < -0.3 is 10.1 Å². The van der Waals surface area contributed by atoms with Crippen molar-refractivity contribution in [2.45, 2.75) is 57.4 Å². The van der Waals surface area contributed by atoms with E-state index >= 15 is 0 Å². The molecule has 0 bridgehead atoms. The molecule has 0 radical (unpaired) electrons. The van der Waals surface area contributed by atoms with Crippen LogP contribution in [0.15, 0.2) is 0 Å². The van der Waals surface area contributed by atoms with Gasteiger partial charge in [0, 0.05) is 12.1 Å². The van der Waals surface area contributed by atoms with E-state index in [4.69, 9.17) is 4.74 Å². The van der Waals surface area contributed by atoms with Crippen LogP contribution in [0.3, 0.4) is 0 Å². The summed E-state index contributed by atoms with van der Waals surface area (Å²) in [5.74, 6) is 0.0770. The summed E-state index contributed by atoms with van der Waals surface area (Å²) in [6, 6.07) is 0. The Morgan fingerprint density at radius 2 is 2.06 bits per heavy atom. The Labute approximate surface area is 97.9 Å². The molecule has 2 aliphatic rings. The molecule has 1 saturated carbocycles. The minimum Gasteiger partial charge on any atom is -0.466 e. The Morgan fingerprint density at radius 1 is 1.31 bits per heavy atom. The summed E-state index contributed by atoms with van der Waals surface area (Å²) in [6.07, 6.45) is 8.81. The van der Waals surface area contributed by atoms with Crippen LogP contribution in [0.4, 0.5) is 0 Å². The molecule has 2 fully saturated rings. The minimum atomic E-state index is -0.0133. The largest absolute Gasteiger partial charge is 0.466 e. The predicted octanol–water partition coefficient (Wildman–Crippen LogP) is 2.25. The highest BCUT2D eigenvalue weighted by molar-refractivity contribution is 5.72. The molecule has 1 spiro atoms. The number of ether oxygens (including phenoxy) is 1. The topological polar surface area (TPSA) is 38.3 Å². The van der Waals surface area contributed by atoms with Gasteiger partial charge in [0.2, 0.25) is 0 Å². The summed E-state index contributed by atoms with van der Waals surface area (Å²) in [7, 11) is 0. The molecule has 0 aromatic heterocycles. The van der Waals surface area contributed by atoms with Crippen molar-refractivity contribution in [1.29, 1.82) is 0 Å². The first-order valence-electron chi connectivity index (χ1n) is 6.67. The lowest BCUT2D eigenvalue weighted by molar-refractivity contribution is -0.149. The third-order valence-corrected chi connectivity index (χ3v) is 4.13. The summed E-state index contributed by atoms with van der Waals surface area (Å²) in [4.78, 5) is 11.6. The van der Waals surface area contributed by atoms with Crippen molar-refractivity contribution in [3.63, 3.8) is 0 Å². The maximum atomic E-state index is 11.6. The number of rotatable bonds is 2. The molecule has 3 nitrogen and oxygen atoms in total. The molecule has 3 heteroatoms. The predicted molar refractivity (Wildman–Crippen MR) is 63.2 cm³/mol. The van der Waals surface area contributed by atoms with Crippen LogP contribution in [-0.4, -0.2) is 24.7 Å². The molecule has 1 aliphatic heterocycles. The number of carbonyl (C=O) groups is 1. The number of hydrogen-bond donors (Lipinski definition) is 1. The standard InChI is InChI=1S/C13H23NO2/c1-2-16-12(15)11-6-9-13(14-10-11)7-4-3-5-8-13/h11,14H,2-10H2,1H3. The van der Waals surface area contributed by atoms with Gasteiger partial charge in [0.1, 0.15) is 0 Å². The Bertz CT molecular complexity index is 236. The highest BCUT2D eigenvalue weighted by atomic mass is 16.5. The van der Waals surface area contributed by atoms with Crippen molar-refractivity contribution in [3.8, 4) is 0 Å². The van der Waals surface area contributed by atoms with Gasteiger partial charge >= 0.3 is 5.97 Å². The molecular formula is C13H23NO2. The van der Waals surface area contributed by atoms with E-state index < -0.39 is 0 Å². The van der Waals surface area contributed by atoms with Crippen LogP contribution < -0.4 is 5.32 Å². The maximum absolute atomic E-state index is 11.6. The van der Waals surface area contributed by atoms with Crippen LogP contribution >= 0.6 is 0 Å². The van der Waals surface area contributed by atoms with E-state index in [1.165, 1.54) is 32.1 Å². The Kier molecular flexibility index (Phi) is 3.85. The molecule has 1 atom stereocenters. The van der Waals surface area contributed by atoms with Gasteiger partial charge in [-0.15, -0.1) is 0 Å². The smallest absolute Gasteiger partial charge is 0.310 e. The molecule has 1 N–H and O–H groups in total. The van der Waals surface area contributed by atoms with Gasteiger partial charge in [-0.25, -0.2) is 0 Å². The number of esters is 1. The second-order valence-corrected chi connectivity index (χ2v) is 5.21. The first-order chi connectivity index (χ1) is 7.76. The van der Waals surface area contributed by atoms with Gasteiger partial charge in [-0.3, -0.25) is 4.79 Å². The molecule has 0 aromatic carbocycles.